The van der Waals surface area contributed by atoms with Crippen molar-refractivity contribution in [3.63, 3.8) is 0 Å². The molecule has 1 rings (SSSR count). The van der Waals surface area contributed by atoms with E-state index in [1.807, 2.05) is 0 Å². The first-order valence-electron chi connectivity index (χ1n) is 4.45. The van der Waals surface area contributed by atoms with Crippen molar-refractivity contribution < 1.29 is 19.2 Å². The molecule has 0 spiro atoms. The molecule has 0 saturated carbocycles. The molecule has 0 radical (unpaired) electrons. The minimum atomic E-state index is -0.940. The van der Waals surface area contributed by atoms with E-state index >= 15 is 0 Å². The summed E-state index contributed by atoms with van der Waals surface area (Å²) < 4.78 is 9.45. The molecule has 0 saturated heterocycles. The number of non-ortho nitro benzene ring substituents is 1. The van der Waals surface area contributed by atoms with Crippen LogP contribution in [0, 0.1) is 10.1 Å². The van der Waals surface area contributed by atoms with Gasteiger partial charge >= 0.3 is 5.97 Å². The van der Waals surface area contributed by atoms with Crippen LogP contribution in [0.25, 0.3) is 0 Å². The first-order valence-corrected chi connectivity index (χ1v) is 4.45. The van der Waals surface area contributed by atoms with Crippen molar-refractivity contribution in [1.29, 1.82) is 0 Å². The van der Waals surface area contributed by atoms with E-state index in [4.69, 9.17) is 4.74 Å². The lowest BCUT2D eigenvalue weighted by Crippen LogP contribution is -2.16. The van der Waals surface area contributed by atoms with Gasteiger partial charge in [-0.2, -0.15) is 0 Å². The maximum atomic E-state index is 11.3. The number of esters is 1. The monoisotopic (exact) mass is 225 g/mol. The summed E-state index contributed by atoms with van der Waals surface area (Å²) in [5.41, 5.74) is 0.298. The first-order chi connectivity index (χ1) is 7.60. The normalized spacial score (nSPS) is 11.9. The smallest absolute Gasteiger partial charge is 0.339 e. The van der Waals surface area contributed by atoms with Crippen LogP contribution in [-0.2, 0) is 14.3 Å². The Morgan fingerprint density at radius 3 is 2.62 bits per heavy atom. The van der Waals surface area contributed by atoms with Crippen molar-refractivity contribution in [1.82, 2.24) is 0 Å². The SMILES string of the molecule is COC(=O)[C@@H](OC)c1cccc([N+](=O)[O-])c1. The van der Waals surface area contributed by atoms with Crippen LogP contribution < -0.4 is 0 Å². The van der Waals surface area contributed by atoms with Gasteiger partial charge in [0.25, 0.3) is 5.69 Å². The second kappa shape index (κ2) is 5.22. The fourth-order valence-electron chi connectivity index (χ4n) is 1.28. The summed E-state index contributed by atoms with van der Waals surface area (Å²) >= 11 is 0. The van der Waals surface area contributed by atoms with Gasteiger partial charge in [0, 0.05) is 19.2 Å². The van der Waals surface area contributed by atoms with Crippen LogP contribution >= 0.6 is 0 Å². The molecule has 1 aromatic rings. The molecule has 1 aromatic carbocycles. The van der Waals surface area contributed by atoms with Crippen molar-refractivity contribution in [3.05, 3.63) is 39.9 Å². The molecule has 0 amide bonds. The highest BCUT2D eigenvalue weighted by atomic mass is 16.6. The molecule has 6 heteroatoms. The number of carbonyl (C=O) groups excluding carboxylic acids is 1. The van der Waals surface area contributed by atoms with E-state index in [1.54, 1.807) is 6.07 Å². The number of methoxy groups -OCH3 is 2. The first kappa shape index (κ1) is 12.1. The van der Waals surface area contributed by atoms with E-state index in [1.165, 1.54) is 32.4 Å². The Labute approximate surface area is 91.9 Å². The molecule has 0 heterocycles. The number of nitrogens with zero attached hydrogens (tertiary/aromatic N) is 1. The van der Waals surface area contributed by atoms with Crippen LogP contribution in [0.15, 0.2) is 24.3 Å². The van der Waals surface area contributed by atoms with Crippen LogP contribution in [0.5, 0.6) is 0 Å². The number of nitro benzene ring substituents is 1. The van der Waals surface area contributed by atoms with Gasteiger partial charge in [0.2, 0.25) is 0 Å². The third-order valence-electron chi connectivity index (χ3n) is 2.03. The molecule has 0 N–H and O–H groups in total. The zero-order valence-electron chi connectivity index (χ0n) is 8.88. The molecule has 0 aromatic heterocycles. The predicted octanol–water partition coefficient (Wildman–Crippen LogP) is 1.46. The van der Waals surface area contributed by atoms with E-state index in [2.05, 4.69) is 4.74 Å². The van der Waals surface area contributed by atoms with Crippen molar-refractivity contribution in [2.24, 2.45) is 0 Å². The topological polar surface area (TPSA) is 78.7 Å². The summed E-state index contributed by atoms with van der Waals surface area (Å²) in [6.07, 6.45) is -0.940. The van der Waals surface area contributed by atoms with Gasteiger partial charge in [0.1, 0.15) is 0 Å². The van der Waals surface area contributed by atoms with Crippen LogP contribution in [0.2, 0.25) is 0 Å². The highest BCUT2D eigenvalue weighted by Crippen LogP contribution is 2.22. The summed E-state index contributed by atoms with van der Waals surface area (Å²) in [6.45, 7) is 0. The van der Waals surface area contributed by atoms with E-state index in [0.717, 1.165) is 0 Å². The lowest BCUT2D eigenvalue weighted by Gasteiger charge is -2.12. The largest absolute Gasteiger partial charge is 0.467 e. The molecule has 0 bridgehead atoms. The second-order valence-electron chi connectivity index (χ2n) is 2.99. The number of ether oxygens (including phenoxy) is 2. The van der Waals surface area contributed by atoms with Gasteiger partial charge < -0.3 is 9.47 Å². The van der Waals surface area contributed by atoms with Crippen LogP contribution in [-0.4, -0.2) is 25.1 Å². The van der Waals surface area contributed by atoms with Crippen molar-refractivity contribution in [3.8, 4) is 0 Å². The molecule has 86 valence electrons. The van der Waals surface area contributed by atoms with E-state index in [-0.39, 0.29) is 5.69 Å². The maximum absolute atomic E-state index is 11.3. The minimum absolute atomic E-state index is 0.0940. The highest BCUT2D eigenvalue weighted by Gasteiger charge is 2.22. The van der Waals surface area contributed by atoms with Crippen LogP contribution in [0.1, 0.15) is 11.7 Å². The minimum Gasteiger partial charge on any atom is -0.467 e. The average molecular weight is 225 g/mol. The zero-order chi connectivity index (χ0) is 12.1. The Balaban J connectivity index is 3.06. The van der Waals surface area contributed by atoms with Gasteiger partial charge in [-0.1, -0.05) is 12.1 Å². The lowest BCUT2D eigenvalue weighted by molar-refractivity contribution is -0.385. The standard InChI is InChI=1S/C10H11NO5/c1-15-9(10(12)16-2)7-4-3-5-8(6-7)11(13)14/h3-6,9H,1-2H3/t9-/m0/s1. The Hall–Kier alpha value is -1.95. The zero-order valence-corrected chi connectivity index (χ0v) is 8.88. The third-order valence-corrected chi connectivity index (χ3v) is 2.03. The molecular formula is C10H11NO5. The molecule has 1 atom stereocenters. The number of benzene rings is 1. The summed E-state index contributed by atoms with van der Waals surface area (Å²) in [5.74, 6) is -0.594. The Morgan fingerprint density at radius 1 is 1.44 bits per heavy atom. The quantitative estimate of drug-likeness (QED) is 0.440. The van der Waals surface area contributed by atoms with Gasteiger partial charge in [0.15, 0.2) is 6.10 Å². The van der Waals surface area contributed by atoms with E-state index in [9.17, 15) is 14.9 Å². The number of hydrogen-bond acceptors (Lipinski definition) is 5. The Bertz CT molecular complexity index is 404. The Kier molecular flexibility index (Phi) is 3.96. The van der Waals surface area contributed by atoms with Gasteiger partial charge in [-0.3, -0.25) is 10.1 Å². The van der Waals surface area contributed by atoms with Gasteiger partial charge in [-0.15, -0.1) is 0 Å². The van der Waals surface area contributed by atoms with E-state index < -0.39 is 17.0 Å². The molecule has 0 aliphatic heterocycles. The fourth-order valence-corrected chi connectivity index (χ4v) is 1.28. The van der Waals surface area contributed by atoms with Gasteiger partial charge in [-0.25, -0.2) is 4.79 Å². The molecule has 0 fully saturated rings. The van der Waals surface area contributed by atoms with Crippen molar-refractivity contribution >= 4 is 11.7 Å². The van der Waals surface area contributed by atoms with Crippen LogP contribution in [0.3, 0.4) is 0 Å². The summed E-state index contributed by atoms with van der Waals surface area (Å²) in [5, 5.41) is 10.6. The predicted molar refractivity (Wildman–Crippen MR) is 54.9 cm³/mol. The molecule has 0 aliphatic rings. The molecular weight excluding hydrogens is 214 g/mol. The fraction of sp³-hybridized carbons (Fsp3) is 0.300. The maximum Gasteiger partial charge on any atom is 0.339 e. The second-order valence-corrected chi connectivity index (χ2v) is 2.99. The van der Waals surface area contributed by atoms with Crippen molar-refractivity contribution in [2.75, 3.05) is 14.2 Å². The molecule has 6 nitrogen and oxygen atoms in total. The Morgan fingerprint density at radius 2 is 2.12 bits per heavy atom. The molecule has 0 unspecified atom stereocenters. The third kappa shape index (κ3) is 2.54. The van der Waals surface area contributed by atoms with Crippen molar-refractivity contribution in [2.45, 2.75) is 6.10 Å². The van der Waals surface area contributed by atoms with Gasteiger partial charge in [0.05, 0.1) is 12.0 Å². The average Bonchev–Trinajstić information content (AvgIpc) is 2.30. The summed E-state index contributed by atoms with van der Waals surface area (Å²) in [6, 6.07) is 5.68. The highest BCUT2D eigenvalue weighted by molar-refractivity contribution is 5.76. The number of hydrogen-bond donors (Lipinski definition) is 0. The van der Waals surface area contributed by atoms with Crippen LogP contribution in [0.4, 0.5) is 5.69 Å². The number of carbonyl (C=O) groups is 1. The summed E-state index contributed by atoms with van der Waals surface area (Å²) in [4.78, 5) is 21.3. The summed E-state index contributed by atoms with van der Waals surface area (Å²) in [7, 11) is 2.56. The number of rotatable bonds is 4. The molecule has 16 heavy (non-hydrogen) atoms. The van der Waals surface area contributed by atoms with Gasteiger partial charge in [-0.05, 0) is 5.56 Å². The number of nitro groups is 1. The lowest BCUT2D eigenvalue weighted by atomic mass is 10.1. The molecule has 0 aliphatic carbocycles. The van der Waals surface area contributed by atoms with E-state index in [0.29, 0.717) is 5.56 Å².